The minimum atomic E-state index is -0.189. The van der Waals surface area contributed by atoms with Gasteiger partial charge in [0, 0.05) is 18.1 Å². The van der Waals surface area contributed by atoms with E-state index in [1.165, 1.54) is 39.4 Å². The zero-order valence-corrected chi connectivity index (χ0v) is 18.2. The van der Waals surface area contributed by atoms with Crippen molar-refractivity contribution in [2.45, 2.75) is 14.4 Å². The number of amides is 1. The minimum Gasteiger partial charge on any atom is -0.272 e. The quantitative estimate of drug-likeness (QED) is 0.239. The lowest BCUT2D eigenvalue weighted by molar-refractivity contribution is -0.118. The average molecular weight is 452 g/mol. The smallest absolute Gasteiger partial charge is 0.250 e. The number of carbonyl (C=O) groups excluding carboxylic acids is 1. The molecular formula is C21H17N5OS3. The number of nitrogens with zero attached hydrogens (tertiary/aromatic N) is 4. The highest BCUT2D eigenvalue weighted by molar-refractivity contribution is 8.03. The molecule has 0 saturated heterocycles. The lowest BCUT2D eigenvalue weighted by Crippen LogP contribution is -2.19. The summed E-state index contributed by atoms with van der Waals surface area (Å²) in [5, 5.41) is 14.9. The number of fused-ring (bicyclic) bond motifs is 1. The molecule has 0 atom stereocenters. The third kappa shape index (κ3) is 5.65. The van der Waals surface area contributed by atoms with Crippen molar-refractivity contribution in [3.63, 3.8) is 0 Å². The SMILES string of the molecule is O=C(CSc1nnc(SCc2cccc3ccccc23)s1)N/N=C\c1ccncc1. The van der Waals surface area contributed by atoms with Crippen LogP contribution in [0.4, 0.5) is 0 Å². The van der Waals surface area contributed by atoms with Crippen LogP contribution in [0, 0.1) is 0 Å². The molecule has 150 valence electrons. The zero-order chi connectivity index (χ0) is 20.6. The topological polar surface area (TPSA) is 80.1 Å². The van der Waals surface area contributed by atoms with Gasteiger partial charge in [0.25, 0.3) is 5.91 Å². The molecule has 1 N–H and O–H groups in total. The van der Waals surface area contributed by atoms with Crippen molar-refractivity contribution in [1.29, 1.82) is 0 Å². The van der Waals surface area contributed by atoms with E-state index in [1.54, 1.807) is 30.4 Å². The Bertz CT molecular complexity index is 1160. The molecule has 0 unspecified atom stereocenters. The van der Waals surface area contributed by atoms with Gasteiger partial charge in [-0.25, -0.2) is 5.43 Å². The molecule has 4 aromatic rings. The molecule has 6 nitrogen and oxygen atoms in total. The van der Waals surface area contributed by atoms with E-state index in [4.69, 9.17) is 0 Å². The lowest BCUT2D eigenvalue weighted by Gasteiger charge is -2.04. The third-order valence-electron chi connectivity index (χ3n) is 4.05. The molecule has 0 spiro atoms. The van der Waals surface area contributed by atoms with E-state index in [0.29, 0.717) is 0 Å². The summed E-state index contributed by atoms with van der Waals surface area (Å²) in [5.41, 5.74) is 4.65. The molecule has 1 amide bonds. The van der Waals surface area contributed by atoms with Crippen LogP contribution >= 0.6 is 34.9 Å². The van der Waals surface area contributed by atoms with Gasteiger partial charge in [-0.3, -0.25) is 9.78 Å². The number of benzene rings is 2. The third-order valence-corrected chi connectivity index (χ3v) is 7.29. The van der Waals surface area contributed by atoms with Crippen molar-refractivity contribution in [3.05, 3.63) is 78.1 Å². The fourth-order valence-electron chi connectivity index (χ4n) is 2.66. The van der Waals surface area contributed by atoms with E-state index in [1.807, 2.05) is 18.2 Å². The van der Waals surface area contributed by atoms with Crippen LogP contribution in [0.15, 0.2) is 80.8 Å². The van der Waals surface area contributed by atoms with Gasteiger partial charge in [-0.15, -0.1) is 10.2 Å². The van der Waals surface area contributed by atoms with Crippen molar-refractivity contribution in [3.8, 4) is 0 Å². The monoisotopic (exact) mass is 451 g/mol. The molecule has 9 heteroatoms. The number of hydrazone groups is 1. The van der Waals surface area contributed by atoms with Crippen LogP contribution < -0.4 is 5.43 Å². The summed E-state index contributed by atoms with van der Waals surface area (Å²) in [4.78, 5) is 15.9. The number of thioether (sulfide) groups is 2. The van der Waals surface area contributed by atoms with Crippen LogP contribution in [-0.4, -0.2) is 33.1 Å². The van der Waals surface area contributed by atoms with Gasteiger partial charge in [0.05, 0.1) is 12.0 Å². The summed E-state index contributed by atoms with van der Waals surface area (Å²) < 4.78 is 1.66. The predicted octanol–water partition coefficient (Wildman–Crippen LogP) is 4.62. The predicted molar refractivity (Wildman–Crippen MR) is 124 cm³/mol. The number of aromatic nitrogens is 3. The van der Waals surface area contributed by atoms with Gasteiger partial charge in [-0.1, -0.05) is 77.3 Å². The first-order valence-electron chi connectivity index (χ1n) is 9.05. The number of nitrogens with one attached hydrogen (secondary N) is 1. The highest BCUT2D eigenvalue weighted by Gasteiger charge is 2.09. The van der Waals surface area contributed by atoms with E-state index in [-0.39, 0.29) is 11.7 Å². The van der Waals surface area contributed by atoms with Gasteiger partial charge in [0.2, 0.25) is 0 Å². The second-order valence-electron chi connectivity index (χ2n) is 6.12. The first-order valence-corrected chi connectivity index (χ1v) is 11.8. The van der Waals surface area contributed by atoms with Gasteiger partial charge in [0.15, 0.2) is 8.68 Å². The second kappa shape index (κ2) is 10.3. The fourth-order valence-corrected chi connectivity index (χ4v) is 5.48. The van der Waals surface area contributed by atoms with Crippen LogP contribution in [-0.2, 0) is 10.5 Å². The summed E-state index contributed by atoms with van der Waals surface area (Å²) in [7, 11) is 0. The summed E-state index contributed by atoms with van der Waals surface area (Å²) in [5.74, 6) is 0.867. The van der Waals surface area contributed by atoms with Crippen molar-refractivity contribution >= 4 is 57.8 Å². The maximum atomic E-state index is 11.9. The average Bonchev–Trinajstić information content (AvgIpc) is 3.25. The molecule has 2 aromatic carbocycles. The molecule has 0 radical (unpaired) electrons. The summed E-state index contributed by atoms with van der Waals surface area (Å²) in [6.07, 6.45) is 4.92. The fraction of sp³-hybridized carbons (Fsp3) is 0.0952. The second-order valence-corrected chi connectivity index (χ2v) is 9.55. The summed E-state index contributed by atoms with van der Waals surface area (Å²) in [6.45, 7) is 0. The van der Waals surface area contributed by atoms with Crippen LogP contribution in [0.1, 0.15) is 11.1 Å². The molecule has 0 bridgehead atoms. The van der Waals surface area contributed by atoms with Crippen molar-refractivity contribution in [2.75, 3.05) is 5.75 Å². The Morgan fingerprint density at radius 1 is 1.00 bits per heavy atom. The van der Waals surface area contributed by atoms with Gasteiger partial charge < -0.3 is 0 Å². The highest BCUT2D eigenvalue weighted by atomic mass is 32.2. The normalized spacial score (nSPS) is 11.2. The Morgan fingerprint density at radius 3 is 2.63 bits per heavy atom. The molecule has 30 heavy (non-hydrogen) atoms. The van der Waals surface area contributed by atoms with Gasteiger partial charge in [-0.05, 0) is 34.0 Å². The molecule has 0 aliphatic carbocycles. The molecule has 2 aromatic heterocycles. The number of pyridine rings is 1. The molecule has 4 rings (SSSR count). The van der Waals surface area contributed by atoms with E-state index in [2.05, 4.69) is 62.1 Å². The van der Waals surface area contributed by atoms with Crippen LogP contribution in [0.3, 0.4) is 0 Å². The maximum absolute atomic E-state index is 11.9. The maximum Gasteiger partial charge on any atom is 0.250 e. The minimum absolute atomic E-state index is 0.189. The van der Waals surface area contributed by atoms with Crippen LogP contribution in [0.25, 0.3) is 10.8 Å². The van der Waals surface area contributed by atoms with Gasteiger partial charge in [-0.2, -0.15) is 5.10 Å². The molecular weight excluding hydrogens is 434 g/mol. The molecule has 2 heterocycles. The first-order chi connectivity index (χ1) is 14.8. The van der Waals surface area contributed by atoms with Gasteiger partial charge >= 0.3 is 0 Å². The van der Waals surface area contributed by atoms with Crippen LogP contribution in [0.5, 0.6) is 0 Å². The standard InChI is InChI=1S/C21H17N5OS3/c27-19(24-23-12-15-8-10-22-11-9-15)14-29-21-26-25-20(30-21)28-13-17-6-3-5-16-4-1-2-7-18(16)17/h1-12H,13-14H2,(H,24,27)/b23-12-. The highest BCUT2D eigenvalue weighted by Crippen LogP contribution is 2.32. The molecule has 0 saturated carbocycles. The summed E-state index contributed by atoms with van der Waals surface area (Å²) >= 11 is 4.51. The van der Waals surface area contributed by atoms with E-state index in [0.717, 1.165) is 20.0 Å². The van der Waals surface area contributed by atoms with E-state index < -0.39 is 0 Å². The molecule has 0 fully saturated rings. The summed E-state index contributed by atoms with van der Waals surface area (Å²) in [6, 6.07) is 18.3. The van der Waals surface area contributed by atoms with Crippen molar-refractivity contribution in [2.24, 2.45) is 5.10 Å². The Morgan fingerprint density at radius 2 is 1.77 bits per heavy atom. The zero-order valence-electron chi connectivity index (χ0n) is 15.8. The number of hydrogen-bond donors (Lipinski definition) is 1. The Kier molecular flexibility index (Phi) is 7.07. The van der Waals surface area contributed by atoms with E-state index in [9.17, 15) is 4.79 Å². The van der Waals surface area contributed by atoms with Crippen molar-refractivity contribution in [1.82, 2.24) is 20.6 Å². The number of hydrogen-bond acceptors (Lipinski definition) is 8. The van der Waals surface area contributed by atoms with E-state index >= 15 is 0 Å². The Hall–Kier alpha value is -2.75. The molecule has 0 aliphatic heterocycles. The molecule has 0 aliphatic rings. The largest absolute Gasteiger partial charge is 0.272 e. The van der Waals surface area contributed by atoms with Gasteiger partial charge in [0.1, 0.15) is 0 Å². The number of carbonyl (C=O) groups is 1. The van der Waals surface area contributed by atoms with Crippen molar-refractivity contribution < 1.29 is 4.79 Å². The number of rotatable bonds is 8. The van der Waals surface area contributed by atoms with Crippen LogP contribution in [0.2, 0.25) is 0 Å². The Labute approximate surface area is 186 Å². The first kappa shape index (κ1) is 20.5. The Balaban J connectivity index is 1.26. The lowest BCUT2D eigenvalue weighted by atomic mass is 10.1.